The third kappa shape index (κ3) is 1.92. The molecule has 0 aliphatic heterocycles. The van der Waals surface area contributed by atoms with Crippen molar-refractivity contribution in [3.05, 3.63) is 29.5 Å². The minimum atomic E-state index is -0.360. The Bertz CT molecular complexity index is 786. The van der Waals surface area contributed by atoms with Gasteiger partial charge in [-0.3, -0.25) is 5.10 Å². The summed E-state index contributed by atoms with van der Waals surface area (Å²) >= 11 is 1.47. The molecule has 0 atom stereocenters. The molecule has 2 heterocycles. The quantitative estimate of drug-likeness (QED) is 0.706. The molecule has 2 aromatic heterocycles. The number of carbonyl (C=O) groups is 1. The van der Waals surface area contributed by atoms with E-state index in [4.69, 9.17) is 10.5 Å². The lowest BCUT2D eigenvalue weighted by molar-refractivity contribution is 0.0601. The number of nitrogens with zero attached hydrogens (tertiary/aromatic N) is 2. The maximum absolute atomic E-state index is 11.5. The summed E-state index contributed by atoms with van der Waals surface area (Å²) in [6, 6.07) is 5.27. The molecule has 0 fully saturated rings. The number of nitrogens with one attached hydrogen (secondary N) is 1. The smallest absolute Gasteiger partial charge is 0.337 e. The number of fused-ring (bicyclic) bond motifs is 1. The lowest BCUT2D eigenvalue weighted by Crippen LogP contribution is -1.99. The number of benzene rings is 1. The fourth-order valence-corrected chi connectivity index (χ4v) is 3.11. The van der Waals surface area contributed by atoms with Crippen molar-refractivity contribution in [2.24, 2.45) is 0 Å². The highest BCUT2D eigenvalue weighted by Crippen LogP contribution is 2.34. The topological polar surface area (TPSA) is 93.9 Å². The van der Waals surface area contributed by atoms with Gasteiger partial charge in [-0.15, -0.1) is 11.3 Å². The van der Waals surface area contributed by atoms with E-state index in [9.17, 15) is 4.79 Å². The molecular formula is C13H12N4O2S. The first kappa shape index (κ1) is 12.6. The van der Waals surface area contributed by atoms with E-state index in [0.29, 0.717) is 11.4 Å². The number of nitrogen functional groups attached to an aromatic ring is 1. The molecule has 0 spiro atoms. The van der Waals surface area contributed by atoms with E-state index >= 15 is 0 Å². The van der Waals surface area contributed by atoms with Gasteiger partial charge in [-0.2, -0.15) is 5.10 Å². The number of H-pyrrole nitrogens is 1. The van der Waals surface area contributed by atoms with Gasteiger partial charge in [0.15, 0.2) is 5.82 Å². The Morgan fingerprint density at radius 3 is 2.90 bits per heavy atom. The fraction of sp³-hybridized carbons (Fsp3) is 0.154. The largest absolute Gasteiger partial charge is 0.465 e. The summed E-state index contributed by atoms with van der Waals surface area (Å²) in [5.41, 5.74) is 8.85. The van der Waals surface area contributed by atoms with E-state index in [0.717, 1.165) is 26.5 Å². The van der Waals surface area contributed by atoms with Crippen LogP contribution in [0.1, 0.15) is 16.1 Å². The first-order valence-electron chi connectivity index (χ1n) is 5.90. The SMILES string of the molecule is COC(=O)c1ccc2nc(-c3c(N)n[nH]c3C)sc2c1. The van der Waals surface area contributed by atoms with Gasteiger partial charge < -0.3 is 10.5 Å². The highest BCUT2D eigenvalue weighted by Gasteiger charge is 2.15. The van der Waals surface area contributed by atoms with E-state index in [2.05, 4.69) is 15.2 Å². The Kier molecular flexibility index (Phi) is 2.90. The number of aryl methyl sites for hydroxylation is 1. The summed E-state index contributed by atoms with van der Waals surface area (Å²) < 4.78 is 5.62. The summed E-state index contributed by atoms with van der Waals surface area (Å²) in [7, 11) is 1.36. The average Bonchev–Trinajstić information content (AvgIpc) is 3.00. The van der Waals surface area contributed by atoms with Crippen LogP contribution in [0.3, 0.4) is 0 Å². The lowest BCUT2D eigenvalue weighted by atomic mass is 10.2. The zero-order valence-corrected chi connectivity index (χ0v) is 11.7. The van der Waals surface area contributed by atoms with Crippen LogP contribution in [-0.2, 0) is 4.74 Å². The van der Waals surface area contributed by atoms with Gasteiger partial charge >= 0.3 is 5.97 Å². The van der Waals surface area contributed by atoms with Crippen molar-refractivity contribution in [1.29, 1.82) is 0 Å². The molecule has 0 aliphatic carbocycles. The molecule has 3 N–H and O–H groups in total. The van der Waals surface area contributed by atoms with E-state index < -0.39 is 0 Å². The molecule has 0 amide bonds. The maximum atomic E-state index is 11.5. The summed E-state index contributed by atoms with van der Waals surface area (Å²) in [6.07, 6.45) is 0. The second kappa shape index (κ2) is 4.61. The number of nitrogens with two attached hydrogens (primary N) is 1. The number of aromatic nitrogens is 3. The zero-order chi connectivity index (χ0) is 14.3. The molecule has 102 valence electrons. The van der Waals surface area contributed by atoms with Gasteiger partial charge in [-0.05, 0) is 25.1 Å². The minimum absolute atomic E-state index is 0.360. The number of hydrogen-bond acceptors (Lipinski definition) is 6. The summed E-state index contributed by atoms with van der Waals surface area (Å²) in [5.74, 6) is 0.0654. The van der Waals surface area contributed by atoms with Crippen LogP contribution in [0, 0.1) is 6.92 Å². The average molecular weight is 288 g/mol. The van der Waals surface area contributed by atoms with Gasteiger partial charge in [0.05, 0.1) is 28.5 Å². The summed E-state index contributed by atoms with van der Waals surface area (Å²) in [6.45, 7) is 1.89. The van der Waals surface area contributed by atoms with Crippen LogP contribution in [0.15, 0.2) is 18.2 Å². The predicted molar refractivity (Wildman–Crippen MR) is 77.7 cm³/mol. The number of aromatic amines is 1. The molecule has 6 nitrogen and oxygen atoms in total. The van der Waals surface area contributed by atoms with Crippen LogP contribution >= 0.6 is 11.3 Å². The summed E-state index contributed by atoms with van der Waals surface area (Å²) in [4.78, 5) is 16.1. The molecule has 0 bridgehead atoms. The second-order valence-electron chi connectivity index (χ2n) is 4.30. The Labute approximate surface area is 118 Å². The molecule has 1 aromatic carbocycles. The first-order chi connectivity index (χ1) is 9.60. The van der Waals surface area contributed by atoms with Gasteiger partial charge in [0.25, 0.3) is 0 Å². The monoisotopic (exact) mass is 288 g/mol. The Morgan fingerprint density at radius 2 is 2.25 bits per heavy atom. The molecule has 0 saturated carbocycles. The number of anilines is 1. The van der Waals surface area contributed by atoms with E-state index in [-0.39, 0.29) is 5.97 Å². The molecular weight excluding hydrogens is 276 g/mol. The van der Waals surface area contributed by atoms with E-state index in [1.807, 2.05) is 6.92 Å². The van der Waals surface area contributed by atoms with Crippen LogP contribution in [-0.4, -0.2) is 28.3 Å². The Balaban J connectivity index is 2.14. The molecule has 0 radical (unpaired) electrons. The van der Waals surface area contributed by atoms with Crippen LogP contribution in [0.4, 0.5) is 5.82 Å². The van der Waals surface area contributed by atoms with Gasteiger partial charge in [-0.25, -0.2) is 9.78 Å². The minimum Gasteiger partial charge on any atom is -0.465 e. The standard InChI is InChI=1S/C13H12N4O2S/c1-6-10(11(14)17-16-6)12-15-8-4-3-7(13(18)19-2)5-9(8)20-12/h3-5H,1-2H3,(H3,14,16,17). The lowest BCUT2D eigenvalue weighted by Gasteiger charge is -1.97. The number of methoxy groups -OCH3 is 1. The number of ether oxygens (including phenoxy) is 1. The normalized spacial score (nSPS) is 10.9. The van der Waals surface area contributed by atoms with Crippen LogP contribution in [0.5, 0.6) is 0 Å². The van der Waals surface area contributed by atoms with Crippen molar-refractivity contribution in [1.82, 2.24) is 15.2 Å². The third-order valence-electron chi connectivity index (χ3n) is 3.00. The number of esters is 1. The molecule has 0 saturated heterocycles. The van der Waals surface area contributed by atoms with E-state index in [1.54, 1.807) is 18.2 Å². The van der Waals surface area contributed by atoms with Crippen molar-refractivity contribution >= 4 is 33.3 Å². The molecule has 0 unspecified atom stereocenters. The highest BCUT2D eigenvalue weighted by molar-refractivity contribution is 7.21. The number of hydrogen-bond donors (Lipinski definition) is 2. The van der Waals surface area contributed by atoms with Crippen LogP contribution < -0.4 is 5.73 Å². The number of carbonyl (C=O) groups excluding carboxylic acids is 1. The van der Waals surface area contributed by atoms with Gasteiger partial charge in [-0.1, -0.05) is 0 Å². The number of thiazole rings is 1. The van der Waals surface area contributed by atoms with Crippen LogP contribution in [0.25, 0.3) is 20.8 Å². The maximum Gasteiger partial charge on any atom is 0.337 e. The molecule has 0 aliphatic rings. The van der Waals surface area contributed by atoms with Crippen molar-refractivity contribution in [2.45, 2.75) is 6.92 Å². The van der Waals surface area contributed by atoms with Gasteiger partial charge in [0, 0.05) is 5.69 Å². The van der Waals surface area contributed by atoms with Gasteiger partial charge in [0.2, 0.25) is 0 Å². The van der Waals surface area contributed by atoms with Crippen molar-refractivity contribution in [3.8, 4) is 10.6 Å². The van der Waals surface area contributed by atoms with E-state index in [1.165, 1.54) is 18.4 Å². The van der Waals surface area contributed by atoms with Crippen LogP contribution in [0.2, 0.25) is 0 Å². The van der Waals surface area contributed by atoms with Gasteiger partial charge in [0.1, 0.15) is 5.01 Å². The molecule has 7 heteroatoms. The summed E-state index contributed by atoms with van der Waals surface area (Å²) in [5, 5.41) is 7.59. The zero-order valence-electron chi connectivity index (χ0n) is 10.9. The number of rotatable bonds is 2. The third-order valence-corrected chi connectivity index (χ3v) is 4.03. The molecule has 3 rings (SSSR count). The predicted octanol–water partition coefficient (Wildman–Crippen LogP) is 2.36. The highest BCUT2D eigenvalue weighted by atomic mass is 32.1. The molecule has 3 aromatic rings. The second-order valence-corrected chi connectivity index (χ2v) is 5.33. The molecule has 20 heavy (non-hydrogen) atoms. The van der Waals surface area contributed by atoms with Crippen molar-refractivity contribution < 1.29 is 9.53 Å². The van der Waals surface area contributed by atoms with Crippen molar-refractivity contribution in [2.75, 3.05) is 12.8 Å². The fourth-order valence-electron chi connectivity index (χ4n) is 1.99. The van der Waals surface area contributed by atoms with Crippen molar-refractivity contribution in [3.63, 3.8) is 0 Å². The Hall–Kier alpha value is -2.41. The Morgan fingerprint density at radius 1 is 1.45 bits per heavy atom. The first-order valence-corrected chi connectivity index (χ1v) is 6.71.